The van der Waals surface area contributed by atoms with Gasteiger partial charge < -0.3 is 24.8 Å². The molecule has 0 aliphatic heterocycles. The molecule has 0 saturated heterocycles. The van der Waals surface area contributed by atoms with Crippen molar-refractivity contribution in [3.63, 3.8) is 0 Å². The zero-order valence-electron chi connectivity index (χ0n) is 24.6. The van der Waals surface area contributed by atoms with Crippen molar-refractivity contribution in [3.05, 3.63) is 179 Å². The predicted octanol–water partition coefficient (Wildman–Crippen LogP) is 4.74. The molecule has 0 amide bonds. The first-order valence-corrected chi connectivity index (χ1v) is 14.5. The van der Waals surface area contributed by atoms with Crippen LogP contribution in [0.15, 0.2) is 146 Å². The van der Waals surface area contributed by atoms with Gasteiger partial charge in [-0.15, -0.1) is 68.1 Å². The monoisotopic (exact) mass is 682 g/mol. The first-order valence-electron chi connectivity index (χ1n) is 14.5. The summed E-state index contributed by atoms with van der Waals surface area (Å²) in [7, 11) is 0. The molecule has 44 heavy (non-hydrogen) atoms. The average Bonchev–Trinajstić information content (AvgIpc) is 3.55. The zero-order valence-corrected chi connectivity index (χ0v) is 28.6. The third-order valence-electron chi connectivity index (χ3n) is 9.12. The van der Waals surface area contributed by atoms with Gasteiger partial charge in [-0.3, -0.25) is 0 Å². The molecule has 8 rings (SSSR count). The van der Waals surface area contributed by atoms with Gasteiger partial charge in [-0.05, 0) is 27.3 Å². The van der Waals surface area contributed by atoms with Crippen molar-refractivity contribution in [3.8, 4) is 0 Å². The summed E-state index contributed by atoms with van der Waals surface area (Å²) in [5.41, 5.74) is 7.44. The van der Waals surface area contributed by atoms with Crippen molar-refractivity contribution >= 4 is 43.1 Å². The van der Waals surface area contributed by atoms with Crippen molar-refractivity contribution in [2.24, 2.45) is 0 Å². The van der Waals surface area contributed by atoms with Gasteiger partial charge >= 0.3 is 26.2 Å². The van der Waals surface area contributed by atoms with E-state index in [1.165, 1.54) is 76.5 Å². The molecule has 0 saturated carbocycles. The van der Waals surface area contributed by atoms with Crippen LogP contribution in [0.25, 0.3) is 43.1 Å². The fourth-order valence-electron chi connectivity index (χ4n) is 7.59. The fraction of sp³-hybridized carbons (Fsp3) is 0.0732. The van der Waals surface area contributed by atoms with Gasteiger partial charge in [0.2, 0.25) is 0 Å². The van der Waals surface area contributed by atoms with Crippen LogP contribution in [0.5, 0.6) is 0 Å². The Hall–Kier alpha value is -3.48. The molecule has 3 heteroatoms. The Balaban J connectivity index is 0.00000128. The van der Waals surface area contributed by atoms with E-state index in [4.69, 9.17) is 0 Å². The van der Waals surface area contributed by atoms with Gasteiger partial charge in [0.15, 0.2) is 0 Å². The van der Waals surface area contributed by atoms with E-state index in [2.05, 4.69) is 159 Å². The van der Waals surface area contributed by atoms with Crippen molar-refractivity contribution in [2.75, 3.05) is 0 Å². The molecule has 0 radical (unpaired) electrons. The van der Waals surface area contributed by atoms with Gasteiger partial charge in [0.05, 0.1) is 0 Å². The van der Waals surface area contributed by atoms with Crippen LogP contribution in [0.2, 0.25) is 0 Å². The quantitative estimate of drug-likeness (QED) is 0.235. The zero-order chi connectivity index (χ0) is 27.6. The minimum Gasteiger partial charge on any atom is -1.00 e. The van der Waals surface area contributed by atoms with E-state index in [1.54, 1.807) is 0 Å². The molecule has 0 heterocycles. The summed E-state index contributed by atoms with van der Waals surface area (Å²) >= 11 is 0. The van der Waals surface area contributed by atoms with Crippen LogP contribution in [0.4, 0.5) is 0 Å². The molecule has 0 spiro atoms. The average molecular weight is 685 g/mol. The predicted molar refractivity (Wildman–Crippen MR) is 175 cm³/mol. The summed E-state index contributed by atoms with van der Waals surface area (Å²) < 4.78 is 0. The van der Waals surface area contributed by atoms with Crippen molar-refractivity contribution in [1.29, 1.82) is 0 Å². The maximum atomic E-state index is 2.40. The maximum Gasteiger partial charge on any atom is 4.00 e. The van der Waals surface area contributed by atoms with Crippen molar-refractivity contribution in [1.82, 2.24) is 0 Å². The van der Waals surface area contributed by atoms with E-state index in [-0.39, 0.29) is 51.0 Å². The Labute approximate surface area is 290 Å². The second-order valence-corrected chi connectivity index (χ2v) is 11.4. The van der Waals surface area contributed by atoms with Crippen LogP contribution in [0.3, 0.4) is 0 Å². The normalized spacial score (nSPS) is 11.3. The van der Waals surface area contributed by atoms with E-state index >= 15 is 0 Å². The van der Waals surface area contributed by atoms with Crippen molar-refractivity contribution < 1.29 is 51.0 Å². The molecule has 0 aliphatic carbocycles. The Morgan fingerprint density at radius 2 is 0.795 bits per heavy atom. The van der Waals surface area contributed by atoms with Gasteiger partial charge in [0, 0.05) is 0 Å². The third kappa shape index (κ3) is 4.61. The number of fused-ring (bicyclic) bond motifs is 6. The molecule has 0 fully saturated rings. The molecule has 0 atom stereocenters. The first kappa shape index (κ1) is 31.9. The van der Waals surface area contributed by atoms with Gasteiger partial charge in [-0.25, -0.2) is 0 Å². The Bertz CT molecular complexity index is 2060. The van der Waals surface area contributed by atoms with Crippen LogP contribution < -0.4 is 24.8 Å². The smallest absolute Gasteiger partial charge is 1.00 e. The number of halogens is 2. The first-order chi connectivity index (χ1) is 20.2. The summed E-state index contributed by atoms with van der Waals surface area (Å²) in [6.07, 6.45) is 0. The molecule has 0 N–H and O–H groups in total. The molecular formula is C41H30Cl2Zr. The number of hydrogen-bond acceptors (Lipinski definition) is 0. The van der Waals surface area contributed by atoms with Crippen LogP contribution in [-0.2, 0) is 31.6 Å². The summed E-state index contributed by atoms with van der Waals surface area (Å²) in [5, 5.41) is 10.5. The SMILES string of the molecule is Cc1[cH-]c2ccc3ccccc3c2c1C(c1ccccc1)(c1ccccc1)c1c(C)[cH-]c2ccc3ccccc3c12.[Cl-].[Cl-].[Zr+4]. The molecule has 0 unspecified atom stereocenters. The van der Waals surface area contributed by atoms with Gasteiger partial charge in [-0.1, -0.05) is 146 Å². The molecular weight excluding hydrogens is 655 g/mol. The number of aryl methyl sites for hydroxylation is 2. The van der Waals surface area contributed by atoms with Crippen LogP contribution >= 0.6 is 0 Å². The minimum atomic E-state index is -0.533. The number of hydrogen-bond donors (Lipinski definition) is 0. The van der Waals surface area contributed by atoms with Crippen LogP contribution in [0, 0.1) is 13.8 Å². The largest absolute Gasteiger partial charge is 4.00 e. The summed E-state index contributed by atoms with van der Waals surface area (Å²) in [4.78, 5) is 0. The Kier molecular flexibility index (Phi) is 9.07. The standard InChI is InChI=1S/C41H30.2ClH.Zr/c1-27-25-31-23-21-29-13-9-11-19-35(29)37(31)39(27)41(33-15-5-3-6-16-33,34-17-7-4-8-18-34)40-28(2)26-32-24-22-30-14-10-12-20-36(30)38(32)40;;;/h3-26H,1-2H3;2*1H;/q-2;;;+4/p-2. The molecule has 8 aromatic rings. The summed E-state index contributed by atoms with van der Waals surface area (Å²) in [6, 6.07) is 54.1. The van der Waals surface area contributed by atoms with E-state index in [9.17, 15) is 0 Å². The molecule has 0 nitrogen and oxygen atoms in total. The van der Waals surface area contributed by atoms with Gasteiger partial charge in [-0.2, -0.15) is 0 Å². The maximum absolute atomic E-state index is 2.40. The van der Waals surface area contributed by atoms with E-state index < -0.39 is 5.41 Å². The van der Waals surface area contributed by atoms with E-state index in [0.717, 1.165) is 0 Å². The summed E-state index contributed by atoms with van der Waals surface area (Å²) in [5.74, 6) is 0. The Morgan fingerprint density at radius 1 is 0.432 bits per heavy atom. The van der Waals surface area contributed by atoms with Crippen molar-refractivity contribution in [2.45, 2.75) is 19.3 Å². The van der Waals surface area contributed by atoms with Crippen LogP contribution in [0.1, 0.15) is 33.4 Å². The fourth-order valence-corrected chi connectivity index (χ4v) is 7.59. The third-order valence-corrected chi connectivity index (χ3v) is 9.12. The van der Waals surface area contributed by atoms with Gasteiger partial charge in [0.1, 0.15) is 0 Å². The second-order valence-electron chi connectivity index (χ2n) is 11.4. The topological polar surface area (TPSA) is 0 Å². The minimum absolute atomic E-state index is 0. The second kappa shape index (κ2) is 12.5. The molecule has 0 bridgehead atoms. The number of rotatable bonds is 4. The molecule has 0 aliphatic rings. The van der Waals surface area contributed by atoms with E-state index in [1.807, 2.05) is 0 Å². The molecule has 212 valence electrons. The molecule has 0 aromatic heterocycles. The molecule has 8 aromatic carbocycles. The van der Waals surface area contributed by atoms with E-state index in [0.29, 0.717) is 0 Å². The Morgan fingerprint density at radius 3 is 1.20 bits per heavy atom. The van der Waals surface area contributed by atoms with Crippen LogP contribution in [-0.4, -0.2) is 0 Å². The number of benzene rings is 6. The van der Waals surface area contributed by atoms with Gasteiger partial charge in [0.25, 0.3) is 0 Å². The summed E-state index contributed by atoms with van der Waals surface area (Å²) in [6.45, 7) is 4.62.